The second kappa shape index (κ2) is 5.21. The number of rotatable bonds is 4. The first-order valence-electron chi connectivity index (χ1n) is 4.44. The predicted octanol–water partition coefficient (Wildman–Crippen LogP) is -1.30. The summed E-state index contributed by atoms with van der Waals surface area (Å²) in [7, 11) is 0. The molecule has 1 fully saturated rings. The van der Waals surface area contributed by atoms with Crippen molar-refractivity contribution in [2.45, 2.75) is 12.5 Å². The summed E-state index contributed by atoms with van der Waals surface area (Å²) in [5.74, 6) is 0.913. The maximum absolute atomic E-state index is 11.4. The molecule has 1 aliphatic rings. The van der Waals surface area contributed by atoms with Crippen molar-refractivity contribution in [2.24, 2.45) is 11.7 Å². The molecule has 2 atom stereocenters. The summed E-state index contributed by atoms with van der Waals surface area (Å²) in [4.78, 5) is 21.8. The van der Waals surface area contributed by atoms with Gasteiger partial charge in [-0.1, -0.05) is 0 Å². The van der Waals surface area contributed by atoms with Crippen molar-refractivity contribution in [3.63, 3.8) is 0 Å². The minimum atomic E-state index is -1.28. The summed E-state index contributed by atoms with van der Waals surface area (Å²) in [6.07, 6.45) is -0.420. The molecule has 0 radical (unpaired) electrons. The summed E-state index contributed by atoms with van der Waals surface area (Å²) in [6.45, 7) is -0.0880. The van der Waals surface area contributed by atoms with E-state index in [1.165, 1.54) is 0 Å². The van der Waals surface area contributed by atoms with Crippen LogP contribution < -0.4 is 11.1 Å². The van der Waals surface area contributed by atoms with Gasteiger partial charge in [-0.3, -0.25) is 9.59 Å². The van der Waals surface area contributed by atoms with Crippen molar-refractivity contribution in [3.05, 3.63) is 0 Å². The molecule has 2 amide bonds. The molecule has 1 aliphatic heterocycles. The van der Waals surface area contributed by atoms with Crippen LogP contribution in [-0.2, 0) is 9.59 Å². The zero-order valence-corrected chi connectivity index (χ0v) is 8.55. The molecular weight excluding hydrogens is 204 g/mol. The van der Waals surface area contributed by atoms with E-state index in [4.69, 9.17) is 10.8 Å². The zero-order chi connectivity index (χ0) is 10.6. The molecule has 0 spiro atoms. The normalized spacial score (nSPS) is 23.1. The van der Waals surface area contributed by atoms with Crippen LogP contribution in [0.3, 0.4) is 0 Å². The van der Waals surface area contributed by atoms with Crippen molar-refractivity contribution in [1.29, 1.82) is 0 Å². The third-order valence-corrected chi connectivity index (χ3v) is 3.26. The molecule has 2 unspecified atom stereocenters. The van der Waals surface area contributed by atoms with Crippen LogP contribution in [0.1, 0.15) is 6.42 Å². The van der Waals surface area contributed by atoms with Gasteiger partial charge in [-0.2, -0.15) is 11.8 Å². The molecule has 4 N–H and O–H groups in total. The first-order valence-corrected chi connectivity index (χ1v) is 5.59. The average Bonchev–Trinajstić information content (AvgIpc) is 2.66. The number of thioether (sulfide) groups is 1. The van der Waals surface area contributed by atoms with E-state index in [2.05, 4.69) is 5.32 Å². The van der Waals surface area contributed by atoms with E-state index in [1.54, 1.807) is 11.8 Å². The van der Waals surface area contributed by atoms with Crippen LogP contribution in [0.15, 0.2) is 0 Å². The molecular formula is C8H14N2O3S. The first-order chi connectivity index (χ1) is 6.61. The highest BCUT2D eigenvalue weighted by molar-refractivity contribution is 7.99. The smallest absolute Gasteiger partial charge is 0.248 e. The highest BCUT2D eigenvalue weighted by atomic mass is 32.2. The highest BCUT2D eigenvalue weighted by Crippen LogP contribution is 2.23. The van der Waals surface area contributed by atoms with Crippen LogP contribution in [0.2, 0.25) is 0 Å². The lowest BCUT2D eigenvalue weighted by Crippen LogP contribution is -2.42. The van der Waals surface area contributed by atoms with Crippen LogP contribution in [0.4, 0.5) is 0 Å². The Balaban J connectivity index is 2.23. The predicted molar refractivity (Wildman–Crippen MR) is 53.6 cm³/mol. The van der Waals surface area contributed by atoms with Gasteiger partial charge in [0.1, 0.15) is 6.10 Å². The Hall–Kier alpha value is -0.750. The van der Waals surface area contributed by atoms with Crippen molar-refractivity contribution in [3.8, 4) is 0 Å². The monoisotopic (exact) mass is 218 g/mol. The fourth-order valence-electron chi connectivity index (χ4n) is 1.18. The van der Waals surface area contributed by atoms with Crippen LogP contribution in [-0.4, -0.2) is 41.1 Å². The second-order valence-electron chi connectivity index (χ2n) is 3.22. The van der Waals surface area contributed by atoms with Gasteiger partial charge in [-0.25, -0.2) is 0 Å². The summed E-state index contributed by atoms with van der Waals surface area (Å²) >= 11 is 1.74. The standard InChI is InChI=1S/C8H14N2O3S/c9-7(12)6(11)3-10-8(13)5-1-2-14-4-5/h5-6,11H,1-4H2,(H2,9,12)(H,10,13). The lowest BCUT2D eigenvalue weighted by molar-refractivity contribution is -0.128. The van der Waals surface area contributed by atoms with Gasteiger partial charge in [-0.05, 0) is 12.2 Å². The number of aliphatic hydroxyl groups is 1. The van der Waals surface area contributed by atoms with Crippen LogP contribution in [0, 0.1) is 5.92 Å². The van der Waals surface area contributed by atoms with E-state index in [1.807, 2.05) is 0 Å². The molecule has 1 heterocycles. The quantitative estimate of drug-likeness (QED) is 0.547. The number of carbonyl (C=O) groups is 2. The molecule has 0 aromatic heterocycles. The van der Waals surface area contributed by atoms with Crippen LogP contribution in [0.25, 0.3) is 0 Å². The Morgan fingerprint density at radius 1 is 1.64 bits per heavy atom. The van der Waals surface area contributed by atoms with E-state index in [9.17, 15) is 9.59 Å². The summed E-state index contributed by atoms with van der Waals surface area (Å²) < 4.78 is 0. The lowest BCUT2D eigenvalue weighted by Gasteiger charge is -2.11. The zero-order valence-electron chi connectivity index (χ0n) is 7.73. The minimum absolute atomic E-state index is 0.0140. The van der Waals surface area contributed by atoms with Gasteiger partial charge in [0, 0.05) is 11.7 Å². The van der Waals surface area contributed by atoms with E-state index in [-0.39, 0.29) is 18.4 Å². The Morgan fingerprint density at radius 2 is 2.36 bits per heavy atom. The molecule has 0 bridgehead atoms. The molecule has 0 aromatic carbocycles. The summed E-state index contributed by atoms with van der Waals surface area (Å²) in [5, 5.41) is 11.5. The van der Waals surface area contributed by atoms with Crippen LogP contribution in [0.5, 0.6) is 0 Å². The second-order valence-corrected chi connectivity index (χ2v) is 4.37. The van der Waals surface area contributed by atoms with Gasteiger partial charge >= 0.3 is 0 Å². The highest BCUT2D eigenvalue weighted by Gasteiger charge is 2.23. The Bertz CT molecular complexity index is 229. The number of hydrogen-bond donors (Lipinski definition) is 3. The van der Waals surface area contributed by atoms with Crippen molar-refractivity contribution < 1.29 is 14.7 Å². The van der Waals surface area contributed by atoms with Gasteiger partial charge in [0.15, 0.2) is 0 Å². The molecule has 14 heavy (non-hydrogen) atoms. The minimum Gasteiger partial charge on any atom is -0.381 e. The fourth-order valence-corrected chi connectivity index (χ4v) is 2.40. The first kappa shape index (κ1) is 11.3. The van der Waals surface area contributed by atoms with E-state index in [0.29, 0.717) is 0 Å². The van der Waals surface area contributed by atoms with E-state index >= 15 is 0 Å². The molecule has 80 valence electrons. The summed E-state index contributed by atoms with van der Waals surface area (Å²) in [5.41, 5.74) is 4.83. The third kappa shape index (κ3) is 3.19. The Morgan fingerprint density at radius 3 is 2.86 bits per heavy atom. The molecule has 6 heteroatoms. The number of carbonyl (C=O) groups excluding carboxylic acids is 2. The maximum Gasteiger partial charge on any atom is 0.248 e. The van der Waals surface area contributed by atoms with Gasteiger partial charge < -0.3 is 16.2 Å². The Labute approximate surface area is 86.4 Å². The number of nitrogens with two attached hydrogens (primary N) is 1. The maximum atomic E-state index is 11.4. The number of aliphatic hydroxyl groups excluding tert-OH is 1. The summed E-state index contributed by atoms with van der Waals surface area (Å²) in [6, 6.07) is 0. The topological polar surface area (TPSA) is 92.4 Å². The van der Waals surface area contributed by atoms with Crippen LogP contribution >= 0.6 is 11.8 Å². The van der Waals surface area contributed by atoms with Crippen molar-refractivity contribution >= 4 is 23.6 Å². The van der Waals surface area contributed by atoms with E-state index in [0.717, 1.165) is 17.9 Å². The molecule has 5 nitrogen and oxygen atoms in total. The van der Waals surface area contributed by atoms with Gasteiger partial charge in [-0.15, -0.1) is 0 Å². The van der Waals surface area contributed by atoms with E-state index < -0.39 is 12.0 Å². The van der Waals surface area contributed by atoms with Crippen molar-refractivity contribution in [1.82, 2.24) is 5.32 Å². The number of hydrogen-bond acceptors (Lipinski definition) is 4. The van der Waals surface area contributed by atoms with Crippen molar-refractivity contribution in [2.75, 3.05) is 18.1 Å². The third-order valence-electron chi connectivity index (χ3n) is 2.10. The van der Waals surface area contributed by atoms with Gasteiger partial charge in [0.25, 0.3) is 0 Å². The molecule has 0 saturated carbocycles. The fraction of sp³-hybridized carbons (Fsp3) is 0.750. The number of nitrogens with one attached hydrogen (secondary N) is 1. The number of primary amides is 1. The molecule has 0 aromatic rings. The largest absolute Gasteiger partial charge is 0.381 e. The molecule has 0 aliphatic carbocycles. The van der Waals surface area contributed by atoms with Gasteiger partial charge in [0.2, 0.25) is 11.8 Å². The SMILES string of the molecule is NC(=O)C(O)CNC(=O)C1CCSC1. The Kier molecular flexibility index (Phi) is 4.21. The molecule has 1 saturated heterocycles. The number of amides is 2. The lowest BCUT2D eigenvalue weighted by atomic mass is 10.1. The molecule has 1 rings (SSSR count). The average molecular weight is 218 g/mol. The van der Waals surface area contributed by atoms with Gasteiger partial charge in [0.05, 0.1) is 6.54 Å².